The number of benzene rings is 1. The van der Waals surface area contributed by atoms with Crippen LogP contribution in [0.5, 0.6) is 11.5 Å². The minimum Gasteiger partial charge on any atom is -0.493 e. The first-order valence-corrected chi connectivity index (χ1v) is 8.63. The lowest BCUT2D eigenvalue weighted by atomic mass is 10.2. The highest BCUT2D eigenvalue weighted by Crippen LogP contribution is 2.29. The average Bonchev–Trinajstić information content (AvgIpc) is 2.73. The molecule has 10 nitrogen and oxygen atoms in total. The molecule has 0 bridgehead atoms. The summed E-state index contributed by atoms with van der Waals surface area (Å²) in [5, 5.41) is 0. The van der Waals surface area contributed by atoms with E-state index in [2.05, 4.69) is 4.74 Å². The Morgan fingerprint density at radius 2 is 1.84 bits per heavy atom. The van der Waals surface area contributed by atoms with Crippen molar-refractivity contribution in [3.8, 4) is 11.5 Å². The van der Waals surface area contributed by atoms with E-state index >= 15 is 0 Å². The first-order chi connectivity index (χ1) is 14.6. The van der Waals surface area contributed by atoms with E-state index in [0.29, 0.717) is 10.1 Å². The number of nitrogens with two attached hydrogens (primary N) is 1. The van der Waals surface area contributed by atoms with Crippen LogP contribution in [0.25, 0.3) is 6.08 Å². The summed E-state index contributed by atoms with van der Waals surface area (Å²) in [7, 11) is 3.73. The summed E-state index contributed by atoms with van der Waals surface area (Å²) in [5.41, 5.74) is 3.98. The topological polar surface area (TPSA) is 132 Å². The summed E-state index contributed by atoms with van der Waals surface area (Å²) in [4.78, 5) is 48.1. The number of carbonyl (C=O) groups is 2. The Bertz CT molecular complexity index is 1150. The van der Waals surface area contributed by atoms with Gasteiger partial charge in [-0.25, -0.2) is 9.59 Å². The van der Waals surface area contributed by atoms with E-state index in [1.807, 2.05) is 0 Å². The van der Waals surface area contributed by atoms with Crippen molar-refractivity contribution in [1.82, 2.24) is 9.13 Å². The summed E-state index contributed by atoms with van der Waals surface area (Å²) in [6.07, 6.45) is 2.28. The number of rotatable bonds is 8. The zero-order valence-corrected chi connectivity index (χ0v) is 16.8. The quantitative estimate of drug-likeness (QED) is 0.362. The number of ketones is 1. The van der Waals surface area contributed by atoms with Crippen LogP contribution in [0, 0.1) is 0 Å². The number of halogens is 2. The van der Waals surface area contributed by atoms with Crippen molar-refractivity contribution >= 4 is 23.6 Å². The maximum Gasteiger partial charge on any atom is 0.387 e. The molecule has 0 saturated heterocycles. The molecule has 0 amide bonds. The molecule has 0 radical (unpaired) electrons. The smallest absolute Gasteiger partial charge is 0.387 e. The van der Waals surface area contributed by atoms with Gasteiger partial charge in [0.25, 0.3) is 5.56 Å². The Balaban J connectivity index is 2.09. The predicted octanol–water partition coefficient (Wildman–Crippen LogP) is 0.716. The summed E-state index contributed by atoms with van der Waals surface area (Å²) in [6.45, 7) is -3.81. The van der Waals surface area contributed by atoms with Crippen molar-refractivity contribution in [1.29, 1.82) is 0 Å². The normalized spacial score (nSPS) is 11.0. The monoisotopic (exact) mass is 439 g/mol. The lowest BCUT2D eigenvalue weighted by Crippen LogP contribution is -2.42. The SMILES string of the molecule is COc1cc(C=CC(=O)OCC(=O)c2c(N)n(C)c(=O)n(C)c2=O)ccc1OC(F)F. The van der Waals surface area contributed by atoms with Crippen LogP contribution in [0.15, 0.2) is 33.9 Å². The molecule has 1 aromatic heterocycles. The number of aromatic nitrogens is 2. The van der Waals surface area contributed by atoms with E-state index in [9.17, 15) is 28.0 Å². The third kappa shape index (κ3) is 5.35. The molecule has 2 aromatic rings. The molecule has 166 valence electrons. The van der Waals surface area contributed by atoms with Crippen molar-refractivity contribution in [2.45, 2.75) is 6.61 Å². The van der Waals surface area contributed by atoms with E-state index in [1.165, 1.54) is 45.5 Å². The number of carbonyl (C=O) groups excluding carboxylic acids is 2. The minimum absolute atomic E-state index is 0.0204. The van der Waals surface area contributed by atoms with Crippen molar-refractivity contribution in [3.05, 3.63) is 56.2 Å². The van der Waals surface area contributed by atoms with Crippen molar-refractivity contribution in [2.24, 2.45) is 14.1 Å². The van der Waals surface area contributed by atoms with Crippen LogP contribution in [0.1, 0.15) is 15.9 Å². The molecule has 0 unspecified atom stereocenters. The van der Waals surface area contributed by atoms with Crippen molar-refractivity contribution < 1.29 is 32.6 Å². The lowest BCUT2D eigenvalue weighted by Gasteiger charge is -2.10. The van der Waals surface area contributed by atoms with Crippen LogP contribution in [-0.2, 0) is 23.6 Å². The Hall–Kier alpha value is -3.96. The molecule has 0 aliphatic carbocycles. The van der Waals surface area contributed by atoms with Gasteiger partial charge in [0.05, 0.1) is 7.11 Å². The van der Waals surface area contributed by atoms with Gasteiger partial charge < -0.3 is 19.9 Å². The van der Waals surface area contributed by atoms with Gasteiger partial charge in [0.15, 0.2) is 18.1 Å². The molecule has 2 N–H and O–H groups in total. The predicted molar refractivity (Wildman–Crippen MR) is 105 cm³/mol. The molecule has 31 heavy (non-hydrogen) atoms. The van der Waals surface area contributed by atoms with E-state index < -0.39 is 41.8 Å². The number of nitrogens with zero attached hydrogens (tertiary/aromatic N) is 2. The largest absolute Gasteiger partial charge is 0.493 e. The molecule has 0 atom stereocenters. The number of Topliss-reactive ketones (excluding diaryl/α,β-unsaturated/α-hetero) is 1. The Morgan fingerprint density at radius 1 is 1.16 bits per heavy atom. The van der Waals surface area contributed by atoms with Crippen LogP contribution >= 0.6 is 0 Å². The second-order valence-corrected chi connectivity index (χ2v) is 6.12. The van der Waals surface area contributed by atoms with Gasteiger partial charge in [-0.1, -0.05) is 6.07 Å². The summed E-state index contributed by atoms with van der Waals surface area (Å²) in [5.74, 6) is -2.31. The number of nitrogen functional groups attached to an aromatic ring is 1. The van der Waals surface area contributed by atoms with E-state index in [1.54, 1.807) is 0 Å². The minimum atomic E-state index is -3.03. The third-order valence-electron chi connectivity index (χ3n) is 4.15. The van der Waals surface area contributed by atoms with Gasteiger partial charge in [0.2, 0.25) is 5.78 Å². The lowest BCUT2D eigenvalue weighted by molar-refractivity contribution is -0.136. The number of anilines is 1. The second kappa shape index (κ2) is 9.69. The number of hydrogen-bond acceptors (Lipinski definition) is 8. The standard InChI is InChI=1S/C19H19F2N3O7/c1-23-16(22)15(17(27)24(2)19(23)28)11(25)9-30-14(26)7-5-10-4-6-12(31-18(20)21)13(8-10)29-3/h4-8,18H,9,22H2,1-3H3. The molecular weight excluding hydrogens is 420 g/mol. The zero-order valence-electron chi connectivity index (χ0n) is 16.8. The van der Waals surface area contributed by atoms with Gasteiger partial charge in [-0.05, 0) is 23.8 Å². The molecule has 1 heterocycles. The van der Waals surface area contributed by atoms with E-state index in [0.717, 1.165) is 10.6 Å². The fourth-order valence-electron chi connectivity index (χ4n) is 2.52. The summed E-state index contributed by atoms with van der Waals surface area (Å²) >= 11 is 0. The molecule has 0 spiro atoms. The van der Waals surface area contributed by atoms with Gasteiger partial charge in [0, 0.05) is 20.2 Å². The third-order valence-corrected chi connectivity index (χ3v) is 4.15. The highest BCUT2D eigenvalue weighted by molar-refractivity contribution is 6.01. The first kappa shape index (κ1) is 23.3. The summed E-state index contributed by atoms with van der Waals surface area (Å²) in [6, 6.07) is 3.98. The van der Waals surface area contributed by atoms with Crippen LogP contribution in [0.3, 0.4) is 0 Å². The molecule has 1 aromatic carbocycles. The maximum absolute atomic E-state index is 12.4. The van der Waals surface area contributed by atoms with Gasteiger partial charge >= 0.3 is 18.3 Å². The van der Waals surface area contributed by atoms with Crippen LogP contribution in [0.2, 0.25) is 0 Å². The Kier molecular flexibility index (Phi) is 7.29. The maximum atomic E-state index is 12.4. The van der Waals surface area contributed by atoms with Gasteiger partial charge in [0.1, 0.15) is 11.4 Å². The fourth-order valence-corrected chi connectivity index (χ4v) is 2.52. The molecule has 0 fully saturated rings. The number of hydrogen-bond donors (Lipinski definition) is 1. The molecule has 0 aliphatic heterocycles. The number of esters is 1. The van der Waals surface area contributed by atoms with E-state index in [4.69, 9.17) is 15.2 Å². The Morgan fingerprint density at radius 3 is 2.45 bits per heavy atom. The number of methoxy groups -OCH3 is 1. The highest BCUT2D eigenvalue weighted by Gasteiger charge is 2.21. The van der Waals surface area contributed by atoms with Gasteiger partial charge in [-0.3, -0.25) is 18.7 Å². The second-order valence-electron chi connectivity index (χ2n) is 6.12. The Labute approximate surface area is 174 Å². The van der Waals surface area contributed by atoms with E-state index in [-0.39, 0.29) is 17.3 Å². The van der Waals surface area contributed by atoms with Crippen LogP contribution in [0.4, 0.5) is 14.6 Å². The van der Waals surface area contributed by atoms with Gasteiger partial charge in [-0.2, -0.15) is 8.78 Å². The average molecular weight is 439 g/mol. The fraction of sp³-hybridized carbons (Fsp3) is 0.263. The molecule has 12 heteroatoms. The van der Waals surface area contributed by atoms with Crippen molar-refractivity contribution in [2.75, 3.05) is 19.5 Å². The molecular formula is C19H19F2N3O7. The summed E-state index contributed by atoms with van der Waals surface area (Å²) < 4.78 is 40.4. The number of alkyl halides is 2. The van der Waals surface area contributed by atoms with Gasteiger partial charge in [-0.15, -0.1) is 0 Å². The molecule has 0 aliphatic rings. The van der Waals surface area contributed by atoms with Crippen LogP contribution < -0.4 is 26.5 Å². The highest BCUT2D eigenvalue weighted by atomic mass is 19.3. The number of ether oxygens (including phenoxy) is 3. The molecule has 2 rings (SSSR count). The van der Waals surface area contributed by atoms with Crippen LogP contribution in [-0.4, -0.2) is 41.2 Å². The zero-order chi connectivity index (χ0) is 23.3. The molecule has 0 saturated carbocycles. The van der Waals surface area contributed by atoms with Crippen molar-refractivity contribution in [3.63, 3.8) is 0 Å². The first-order valence-electron chi connectivity index (χ1n) is 8.63.